The van der Waals surface area contributed by atoms with Crippen LogP contribution in [0, 0.1) is 11.3 Å². The average molecular weight is 593 g/mol. The van der Waals surface area contributed by atoms with E-state index in [9.17, 15) is 10.1 Å². The normalized spacial score (nSPS) is 14.4. The van der Waals surface area contributed by atoms with Crippen LogP contribution >= 0.6 is 0 Å². The molecule has 1 aliphatic rings. The molecular formula is C38H33N5O2. The molecule has 7 heteroatoms. The average Bonchev–Trinajstić information content (AvgIpc) is 3.40. The summed E-state index contributed by atoms with van der Waals surface area (Å²) in [4.78, 5) is 18.0. The van der Waals surface area contributed by atoms with Gasteiger partial charge in [-0.15, -0.1) is 0 Å². The number of carbonyl (C=O) groups excluding carboxylic acids is 1. The SMILES string of the molecule is [2H]c1cc(-c2nc3c4cccc(-c5cccc(C#N)c5)c4nn3cc2-c2ccccc2)ccc1C1(NC(=O)OC(C)(C)C)CCC1. The summed E-state index contributed by atoms with van der Waals surface area (Å²) < 4.78 is 16.5. The molecule has 7 nitrogen and oxygen atoms in total. The standard InChI is InChI=1S/C38H33N5O2/c1-37(2,3)45-36(44)41-38(20-9-21-38)29-18-16-27(17-19-29)33-32(26-11-5-4-6-12-26)24-43-35(40-33)31-15-8-14-30(34(31)42-43)28-13-7-10-25(22-28)23-39/h4-8,10-19,22,24H,9,20-21H2,1-3H3,(H,41,44)/i18D. The third-order valence-corrected chi connectivity index (χ3v) is 8.36. The topological polar surface area (TPSA) is 92.3 Å². The van der Waals surface area contributed by atoms with Gasteiger partial charge in [-0.2, -0.15) is 10.4 Å². The van der Waals surface area contributed by atoms with Crippen LogP contribution in [0.25, 0.3) is 50.1 Å². The summed E-state index contributed by atoms with van der Waals surface area (Å²) in [5.74, 6) is 0. The third kappa shape index (κ3) is 5.29. The maximum atomic E-state index is 12.8. The molecule has 0 saturated heterocycles. The minimum absolute atomic E-state index is 0.340. The second kappa shape index (κ2) is 10.9. The number of carbonyl (C=O) groups is 1. The predicted molar refractivity (Wildman–Crippen MR) is 176 cm³/mol. The van der Waals surface area contributed by atoms with Gasteiger partial charge < -0.3 is 10.1 Å². The van der Waals surface area contributed by atoms with E-state index < -0.39 is 17.2 Å². The van der Waals surface area contributed by atoms with Gasteiger partial charge in [0, 0.05) is 28.3 Å². The van der Waals surface area contributed by atoms with Gasteiger partial charge in [0.05, 0.1) is 24.2 Å². The zero-order valence-electron chi connectivity index (χ0n) is 26.5. The van der Waals surface area contributed by atoms with E-state index in [1.165, 1.54) is 0 Å². The summed E-state index contributed by atoms with van der Waals surface area (Å²) >= 11 is 0. The summed E-state index contributed by atoms with van der Waals surface area (Å²) in [7, 11) is 0. The van der Waals surface area contributed by atoms with Crippen LogP contribution in [-0.4, -0.2) is 26.3 Å². The molecule has 1 aliphatic carbocycles. The highest BCUT2D eigenvalue weighted by molar-refractivity contribution is 6.02. The summed E-state index contributed by atoms with van der Waals surface area (Å²) in [6.07, 6.45) is 3.99. The fourth-order valence-electron chi connectivity index (χ4n) is 6.06. The number of fused-ring (bicyclic) bond motifs is 3. The van der Waals surface area contributed by atoms with E-state index in [2.05, 4.69) is 11.4 Å². The number of amides is 1. The van der Waals surface area contributed by atoms with Gasteiger partial charge in [-0.1, -0.05) is 78.8 Å². The first-order chi connectivity index (χ1) is 22.1. The number of hydrogen-bond donors (Lipinski definition) is 1. The van der Waals surface area contributed by atoms with Crippen LogP contribution < -0.4 is 5.32 Å². The van der Waals surface area contributed by atoms with E-state index in [-0.39, 0.29) is 0 Å². The fourth-order valence-corrected chi connectivity index (χ4v) is 6.06. The molecule has 0 aliphatic heterocycles. The lowest BCUT2D eigenvalue weighted by Gasteiger charge is -2.43. The molecule has 0 unspecified atom stereocenters. The maximum Gasteiger partial charge on any atom is 0.408 e. The second-order valence-electron chi connectivity index (χ2n) is 12.6. The Bertz CT molecular complexity index is 2170. The van der Waals surface area contributed by atoms with Crippen molar-refractivity contribution >= 4 is 22.6 Å². The molecule has 6 aromatic rings. The Morgan fingerprint density at radius 3 is 2.44 bits per heavy atom. The minimum Gasteiger partial charge on any atom is -0.444 e. The summed E-state index contributed by atoms with van der Waals surface area (Å²) in [6.45, 7) is 5.53. The number of hydrogen-bond acceptors (Lipinski definition) is 5. The number of aromatic nitrogens is 3. The Morgan fingerprint density at radius 1 is 0.956 bits per heavy atom. The molecule has 7 rings (SSSR count). The molecule has 1 N–H and O–H groups in total. The Labute approximate surface area is 263 Å². The molecule has 0 radical (unpaired) electrons. The number of ether oxygens (including phenoxy) is 1. The van der Waals surface area contributed by atoms with E-state index in [0.29, 0.717) is 17.3 Å². The number of nitrogens with zero attached hydrogens (tertiary/aromatic N) is 4. The molecule has 1 fully saturated rings. The summed E-state index contributed by atoms with van der Waals surface area (Å²) in [5, 5.41) is 18.4. The first-order valence-electron chi connectivity index (χ1n) is 15.6. The summed E-state index contributed by atoms with van der Waals surface area (Å²) in [6, 6.07) is 31.9. The van der Waals surface area contributed by atoms with Crippen LogP contribution in [0.15, 0.2) is 103 Å². The molecule has 2 heterocycles. The zero-order chi connectivity index (χ0) is 32.1. The van der Waals surface area contributed by atoms with E-state index in [1.807, 2.05) is 116 Å². The third-order valence-electron chi connectivity index (χ3n) is 8.36. The van der Waals surface area contributed by atoms with Gasteiger partial charge in [-0.3, -0.25) is 0 Å². The van der Waals surface area contributed by atoms with Crippen LogP contribution in [-0.2, 0) is 10.3 Å². The molecule has 45 heavy (non-hydrogen) atoms. The number of benzene rings is 4. The smallest absolute Gasteiger partial charge is 0.408 e. The highest BCUT2D eigenvalue weighted by atomic mass is 16.6. The van der Waals surface area contributed by atoms with Crippen LogP contribution in [0.3, 0.4) is 0 Å². The van der Waals surface area contributed by atoms with Crippen LogP contribution in [0.2, 0.25) is 0 Å². The van der Waals surface area contributed by atoms with Gasteiger partial charge >= 0.3 is 6.09 Å². The van der Waals surface area contributed by atoms with Crippen molar-refractivity contribution < 1.29 is 10.9 Å². The molecule has 1 saturated carbocycles. The quantitative estimate of drug-likeness (QED) is 0.216. The molecule has 0 bridgehead atoms. The van der Waals surface area contributed by atoms with E-state index in [1.54, 1.807) is 6.07 Å². The maximum absolute atomic E-state index is 12.8. The van der Waals surface area contributed by atoms with Crippen molar-refractivity contribution in [2.24, 2.45) is 0 Å². The van der Waals surface area contributed by atoms with Crippen LogP contribution in [0.1, 0.15) is 52.5 Å². The second-order valence-corrected chi connectivity index (χ2v) is 12.6. The molecule has 0 atom stereocenters. The van der Waals surface area contributed by atoms with Gasteiger partial charge in [0.15, 0.2) is 5.65 Å². The molecule has 0 spiro atoms. The number of nitrogens with one attached hydrogen (secondary N) is 1. The van der Waals surface area contributed by atoms with Gasteiger partial charge in [-0.25, -0.2) is 14.3 Å². The van der Waals surface area contributed by atoms with Crippen molar-refractivity contribution in [3.05, 3.63) is 114 Å². The zero-order valence-corrected chi connectivity index (χ0v) is 25.5. The monoisotopic (exact) mass is 592 g/mol. The van der Waals surface area contributed by atoms with Crippen molar-refractivity contribution in [2.45, 2.75) is 51.2 Å². The fraction of sp³-hybridized carbons (Fsp3) is 0.211. The Morgan fingerprint density at radius 2 is 1.73 bits per heavy atom. The van der Waals surface area contributed by atoms with Crippen molar-refractivity contribution in [1.29, 1.82) is 5.26 Å². The van der Waals surface area contributed by atoms with E-state index in [0.717, 1.165) is 69.2 Å². The summed E-state index contributed by atoms with van der Waals surface area (Å²) in [5.41, 5.74) is 6.84. The van der Waals surface area contributed by atoms with Crippen molar-refractivity contribution in [1.82, 2.24) is 19.9 Å². The molecule has 222 valence electrons. The Balaban J connectivity index is 1.36. The molecule has 1 amide bonds. The van der Waals surface area contributed by atoms with Crippen molar-refractivity contribution in [3.8, 4) is 39.6 Å². The highest BCUT2D eigenvalue weighted by Gasteiger charge is 2.41. The van der Waals surface area contributed by atoms with Crippen molar-refractivity contribution in [3.63, 3.8) is 0 Å². The number of nitriles is 1. The van der Waals surface area contributed by atoms with E-state index >= 15 is 0 Å². The van der Waals surface area contributed by atoms with Crippen molar-refractivity contribution in [2.75, 3.05) is 0 Å². The highest BCUT2D eigenvalue weighted by Crippen LogP contribution is 2.43. The lowest BCUT2D eigenvalue weighted by Crippen LogP contribution is -2.52. The first kappa shape index (κ1) is 27.1. The lowest BCUT2D eigenvalue weighted by atomic mass is 9.71. The largest absolute Gasteiger partial charge is 0.444 e. The molecular weight excluding hydrogens is 558 g/mol. The minimum atomic E-state index is -0.626. The van der Waals surface area contributed by atoms with Crippen LogP contribution in [0.5, 0.6) is 0 Å². The Hall–Kier alpha value is -5.48. The Kier molecular flexibility index (Phi) is 6.57. The van der Waals surface area contributed by atoms with Gasteiger partial charge in [0.1, 0.15) is 11.1 Å². The van der Waals surface area contributed by atoms with Gasteiger partial charge in [-0.05, 0) is 74.9 Å². The lowest BCUT2D eigenvalue weighted by molar-refractivity contribution is 0.0377. The molecule has 2 aromatic heterocycles. The number of rotatable bonds is 5. The number of alkyl carbamates (subject to hydrolysis) is 1. The van der Waals surface area contributed by atoms with Gasteiger partial charge in [0.25, 0.3) is 0 Å². The first-order valence-corrected chi connectivity index (χ1v) is 15.1. The van der Waals surface area contributed by atoms with E-state index in [4.69, 9.17) is 16.2 Å². The van der Waals surface area contributed by atoms with Crippen LogP contribution in [0.4, 0.5) is 4.79 Å². The van der Waals surface area contributed by atoms with Gasteiger partial charge in [0.2, 0.25) is 0 Å². The predicted octanol–water partition coefficient (Wildman–Crippen LogP) is 8.66. The molecule has 4 aromatic carbocycles.